The molecule has 0 aromatic carbocycles. The van der Waals surface area contributed by atoms with Crippen LogP contribution in [-0.4, -0.2) is 40.0 Å². The van der Waals surface area contributed by atoms with Gasteiger partial charge in [-0.2, -0.15) is 10.1 Å². The fourth-order valence-electron chi connectivity index (χ4n) is 4.38. The topological polar surface area (TPSA) is 73.0 Å². The maximum atomic E-state index is 15.0. The minimum absolute atomic E-state index is 0.162. The fourth-order valence-corrected chi connectivity index (χ4v) is 4.38. The average molecular weight is 423 g/mol. The lowest BCUT2D eigenvalue weighted by atomic mass is 9.95. The largest absolute Gasteiger partial charge is 0.492 e. The highest BCUT2D eigenvalue weighted by atomic mass is 19.1. The molecule has 4 heterocycles. The van der Waals surface area contributed by atoms with Crippen molar-refractivity contribution < 1.29 is 13.9 Å². The number of rotatable bonds is 6. The van der Waals surface area contributed by atoms with Crippen molar-refractivity contribution in [1.29, 1.82) is 0 Å². The molecule has 1 N–H and O–H groups in total. The Balaban J connectivity index is 1.35. The molecule has 5 rings (SSSR count). The Morgan fingerprint density at radius 2 is 2.10 bits per heavy atom. The van der Waals surface area contributed by atoms with Crippen molar-refractivity contribution in [1.82, 2.24) is 19.9 Å². The van der Waals surface area contributed by atoms with Crippen molar-refractivity contribution in [3.05, 3.63) is 53.1 Å². The van der Waals surface area contributed by atoms with E-state index in [0.717, 1.165) is 42.2 Å². The molecule has 31 heavy (non-hydrogen) atoms. The van der Waals surface area contributed by atoms with E-state index in [1.54, 1.807) is 16.7 Å². The number of fused-ring (bicyclic) bond motifs is 2. The van der Waals surface area contributed by atoms with Crippen LogP contribution in [0.5, 0.6) is 11.6 Å². The molecule has 2 aromatic rings. The molecule has 0 unspecified atom stereocenters. The Morgan fingerprint density at radius 3 is 2.94 bits per heavy atom. The van der Waals surface area contributed by atoms with Crippen molar-refractivity contribution in [3.63, 3.8) is 0 Å². The van der Waals surface area contributed by atoms with Gasteiger partial charge in [-0.3, -0.25) is 4.99 Å². The second-order valence-electron chi connectivity index (χ2n) is 8.25. The summed E-state index contributed by atoms with van der Waals surface area (Å²) < 4.78 is 28.7. The Labute approximate surface area is 180 Å². The summed E-state index contributed by atoms with van der Waals surface area (Å²) in [4.78, 5) is 8.63. The summed E-state index contributed by atoms with van der Waals surface area (Å²) >= 11 is 0. The zero-order valence-corrected chi connectivity index (χ0v) is 17.8. The van der Waals surface area contributed by atoms with Gasteiger partial charge in [-0.1, -0.05) is 0 Å². The van der Waals surface area contributed by atoms with Gasteiger partial charge in [0.2, 0.25) is 5.88 Å². The number of halogens is 1. The van der Waals surface area contributed by atoms with Gasteiger partial charge in [0.15, 0.2) is 11.6 Å². The molecule has 0 amide bonds. The number of aryl methyl sites for hydroxylation is 1. The van der Waals surface area contributed by atoms with Crippen molar-refractivity contribution in [3.8, 4) is 11.6 Å². The third-order valence-corrected chi connectivity index (χ3v) is 6.11. The molecule has 0 saturated carbocycles. The number of hydrogen-bond donors (Lipinski definition) is 1. The summed E-state index contributed by atoms with van der Waals surface area (Å²) in [5, 5.41) is 7.67. The molecule has 1 saturated heterocycles. The average Bonchev–Trinajstić information content (AvgIpc) is 3.31. The highest BCUT2D eigenvalue weighted by Gasteiger charge is 2.26. The van der Waals surface area contributed by atoms with Crippen molar-refractivity contribution >= 4 is 11.2 Å². The normalized spacial score (nSPS) is 19.3. The second-order valence-corrected chi connectivity index (χ2v) is 8.25. The molecule has 8 heteroatoms. The predicted octanol–water partition coefficient (Wildman–Crippen LogP) is 4.05. The minimum atomic E-state index is -0.415. The molecule has 3 aliphatic rings. The summed E-state index contributed by atoms with van der Waals surface area (Å²) in [6.45, 7) is 6.63. The highest BCUT2D eigenvalue weighted by Crippen LogP contribution is 2.35. The van der Waals surface area contributed by atoms with Crippen molar-refractivity contribution in [2.45, 2.75) is 39.5 Å². The first-order chi connectivity index (χ1) is 15.1. The Bertz CT molecular complexity index is 1140. The van der Waals surface area contributed by atoms with Crippen LogP contribution >= 0.6 is 0 Å². The van der Waals surface area contributed by atoms with Gasteiger partial charge in [-0.15, -0.1) is 0 Å². The molecule has 2 aromatic heterocycles. The van der Waals surface area contributed by atoms with Gasteiger partial charge >= 0.3 is 0 Å². The molecule has 7 nitrogen and oxygen atoms in total. The van der Waals surface area contributed by atoms with Gasteiger partial charge in [0.05, 0.1) is 18.5 Å². The molecular formula is C23H26FN5O2. The lowest BCUT2D eigenvalue weighted by Crippen LogP contribution is -2.28. The number of aromatic nitrogens is 3. The standard InChI is InChI=1S/C23H26FN5O2/c1-14-11-17-18(28-14)3-4-19(21(17)24)31-23-22-15(2)20(12-29(22)27-13-26-23)30-10-7-16-5-8-25-9-6-16/h4,11-13,16,25H,3,5-10H2,1-2H3. The van der Waals surface area contributed by atoms with Gasteiger partial charge in [-0.25, -0.2) is 8.91 Å². The fraction of sp³-hybridized carbons (Fsp3) is 0.435. The number of ether oxygens (including phenoxy) is 2. The molecular weight excluding hydrogens is 397 g/mol. The van der Waals surface area contributed by atoms with E-state index in [4.69, 9.17) is 9.47 Å². The van der Waals surface area contributed by atoms with E-state index in [0.29, 0.717) is 35.9 Å². The molecule has 2 aliphatic heterocycles. The van der Waals surface area contributed by atoms with Crippen LogP contribution in [0.4, 0.5) is 4.39 Å². The van der Waals surface area contributed by atoms with Crippen LogP contribution in [0.3, 0.4) is 0 Å². The van der Waals surface area contributed by atoms with Crippen LogP contribution in [0, 0.1) is 12.8 Å². The number of hydrogen-bond acceptors (Lipinski definition) is 6. The van der Waals surface area contributed by atoms with E-state index in [2.05, 4.69) is 20.4 Å². The number of nitrogens with zero attached hydrogens (tertiary/aromatic N) is 4. The Morgan fingerprint density at radius 1 is 1.26 bits per heavy atom. The van der Waals surface area contributed by atoms with E-state index < -0.39 is 5.83 Å². The lowest BCUT2D eigenvalue weighted by Gasteiger charge is -2.22. The maximum absolute atomic E-state index is 15.0. The summed E-state index contributed by atoms with van der Waals surface area (Å²) in [5.74, 6) is 1.50. The van der Waals surface area contributed by atoms with E-state index in [1.165, 1.54) is 19.2 Å². The molecule has 162 valence electrons. The SMILES string of the molecule is CC1=CC2=C(F)C(Oc3ncnn4cc(OCCC5CCNCC5)c(C)c34)=CCC2=N1. The molecule has 0 spiro atoms. The lowest BCUT2D eigenvalue weighted by molar-refractivity contribution is 0.251. The molecule has 0 radical (unpaired) electrons. The first-order valence-electron chi connectivity index (χ1n) is 10.8. The zero-order valence-electron chi connectivity index (χ0n) is 17.8. The van der Waals surface area contributed by atoms with Crippen LogP contribution in [0.2, 0.25) is 0 Å². The summed E-state index contributed by atoms with van der Waals surface area (Å²) in [6.07, 6.45) is 10.6. The molecule has 1 fully saturated rings. The van der Waals surface area contributed by atoms with Crippen LogP contribution in [0.15, 0.2) is 52.5 Å². The van der Waals surface area contributed by atoms with Crippen LogP contribution < -0.4 is 14.8 Å². The van der Waals surface area contributed by atoms with Gasteiger partial charge in [0.25, 0.3) is 0 Å². The summed E-state index contributed by atoms with van der Waals surface area (Å²) in [7, 11) is 0. The predicted molar refractivity (Wildman–Crippen MR) is 116 cm³/mol. The number of aliphatic imine (C=N–C) groups is 1. The smallest absolute Gasteiger partial charge is 0.247 e. The van der Waals surface area contributed by atoms with Gasteiger partial charge < -0.3 is 14.8 Å². The first kappa shape index (κ1) is 19.9. The van der Waals surface area contributed by atoms with Crippen molar-refractivity contribution in [2.75, 3.05) is 19.7 Å². The third kappa shape index (κ3) is 3.87. The monoisotopic (exact) mass is 423 g/mol. The van der Waals surface area contributed by atoms with Gasteiger partial charge in [0.1, 0.15) is 17.6 Å². The van der Waals surface area contributed by atoms with Crippen LogP contribution in [0.1, 0.15) is 38.2 Å². The number of piperidine rings is 1. The zero-order chi connectivity index (χ0) is 21.4. The van der Waals surface area contributed by atoms with Crippen LogP contribution in [0.25, 0.3) is 5.52 Å². The first-order valence-corrected chi connectivity index (χ1v) is 10.8. The van der Waals surface area contributed by atoms with E-state index in [1.807, 2.05) is 20.0 Å². The van der Waals surface area contributed by atoms with E-state index in [9.17, 15) is 4.39 Å². The molecule has 0 bridgehead atoms. The number of allylic oxidation sites excluding steroid dienone is 5. The maximum Gasteiger partial charge on any atom is 0.247 e. The van der Waals surface area contributed by atoms with E-state index >= 15 is 0 Å². The number of nitrogens with one attached hydrogen (secondary N) is 1. The van der Waals surface area contributed by atoms with E-state index in [-0.39, 0.29) is 5.76 Å². The minimum Gasteiger partial charge on any atom is -0.492 e. The van der Waals surface area contributed by atoms with Gasteiger partial charge in [0, 0.05) is 23.3 Å². The summed E-state index contributed by atoms with van der Waals surface area (Å²) in [5.41, 5.74) is 3.58. The Hall–Kier alpha value is -3.00. The third-order valence-electron chi connectivity index (χ3n) is 6.11. The summed E-state index contributed by atoms with van der Waals surface area (Å²) in [6, 6.07) is 0. The van der Waals surface area contributed by atoms with Crippen LogP contribution in [-0.2, 0) is 0 Å². The Kier molecular flexibility index (Phi) is 5.31. The quantitative estimate of drug-likeness (QED) is 0.759. The van der Waals surface area contributed by atoms with Gasteiger partial charge in [-0.05, 0) is 64.3 Å². The van der Waals surface area contributed by atoms with Crippen molar-refractivity contribution in [2.24, 2.45) is 10.9 Å². The molecule has 0 atom stereocenters. The highest BCUT2D eigenvalue weighted by molar-refractivity contribution is 6.08. The molecule has 1 aliphatic carbocycles. The second kappa shape index (κ2) is 8.26.